The zero-order valence-corrected chi connectivity index (χ0v) is 18.2. The van der Waals surface area contributed by atoms with Gasteiger partial charge in [-0.15, -0.1) is 6.42 Å². The van der Waals surface area contributed by atoms with Crippen molar-refractivity contribution in [3.8, 4) is 18.1 Å². The first-order valence-electron chi connectivity index (χ1n) is 10.4. The first-order valence-corrected chi connectivity index (χ1v) is 10.4. The molecule has 32 heavy (non-hydrogen) atoms. The van der Waals surface area contributed by atoms with E-state index in [1.165, 1.54) is 6.33 Å². The van der Waals surface area contributed by atoms with Crippen molar-refractivity contribution in [2.45, 2.75) is 12.8 Å². The van der Waals surface area contributed by atoms with E-state index in [0.29, 0.717) is 22.8 Å². The molecule has 1 aromatic heterocycles. The molecule has 0 unspecified atom stereocenters. The standard InChI is InChI=1S/C25H25N5O2/c1-4-17-6-5-7-19(12-17)28-25-20-14-22(23(32-3)15-21(20)26-16-27-25)29-24(31)13-18-8-10-30(2)11-9-18/h1,5-7,12-16H,8-11H2,2-3H3,(H,29,31)(H,26,27,28). The van der Waals surface area contributed by atoms with Crippen molar-refractivity contribution in [2.75, 3.05) is 37.9 Å². The summed E-state index contributed by atoms with van der Waals surface area (Å²) in [7, 11) is 3.66. The van der Waals surface area contributed by atoms with Crippen molar-refractivity contribution in [3.05, 3.63) is 59.9 Å². The second kappa shape index (κ2) is 9.50. The van der Waals surface area contributed by atoms with Gasteiger partial charge in [0.05, 0.1) is 18.3 Å². The van der Waals surface area contributed by atoms with Gasteiger partial charge >= 0.3 is 0 Å². The maximum atomic E-state index is 12.7. The number of terminal acetylenes is 1. The number of amides is 1. The highest BCUT2D eigenvalue weighted by atomic mass is 16.5. The van der Waals surface area contributed by atoms with Crippen LogP contribution in [-0.2, 0) is 4.79 Å². The van der Waals surface area contributed by atoms with Crippen LogP contribution in [0.1, 0.15) is 18.4 Å². The normalized spacial score (nSPS) is 14.0. The SMILES string of the molecule is C#Cc1cccc(Nc2ncnc3cc(OC)c(NC(=O)C=C4CCN(C)CC4)cc23)c1. The molecule has 4 rings (SSSR count). The molecule has 7 heteroatoms. The largest absolute Gasteiger partial charge is 0.494 e. The summed E-state index contributed by atoms with van der Waals surface area (Å²) in [5, 5.41) is 7.00. The van der Waals surface area contributed by atoms with Crippen molar-refractivity contribution in [3.63, 3.8) is 0 Å². The number of hydrogen-bond donors (Lipinski definition) is 2. The third-order valence-corrected chi connectivity index (χ3v) is 5.47. The number of carbonyl (C=O) groups is 1. The summed E-state index contributed by atoms with van der Waals surface area (Å²) in [6.45, 7) is 1.93. The van der Waals surface area contributed by atoms with Crippen LogP contribution in [0, 0.1) is 12.3 Å². The molecule has 0 atom stereocenters. The van der Waals surface area contributed by atoms with Crippen molar-refractivity contribution < 1.29 is 9.53 Å². The van der Waals surface area contributed by atoms with E-state index in [9.17, 15) is 4.79 Å². The molecule has 0 radical (unpaired) electrons. The van der Waals surface area contributed by atoms with Gasteiger partial charge < -0.3 is 20.3 Å². The topological polar surface area (TPSA) is 79.4 Å². The number of hydrogen-bond acceptors (Lipinski definition) is 6. The van der Waals surface area contributed by atoms with Gasteiger partial charge in [-0.25, -0.2) is 9.97 Å². The monoisotopic (exact) mass is 427 g/mol. The van der Waals surface area contributed by atoms with E-state index in [1.54, 1.807) is 19.3 Å². The smallest absolute Gasteiger partial charge is 0.248 e. The molecular weight excluding hydrogens is 402 g/mol. The second-order valence-electron chi connectivity index (χ2n) is 7.74. The van der Waals surface area contributed by atoms with E-state index < -0.39 is 0 Å². The molecular formula is C25H25N5O2. The maximum absolute atomic E-state index is 12.7. The molecule has 1 aliphatic heterocycles. The first kappa shape index (κ1) is 21.3. The van der Waals surface area contributed by atoms with Crippen molar-refractivity contribution >= 4 is 34.0 Å². The minimum atomic E-state index is -0.171. The van der Waals surface area contributed by atoms with Crippen molar-refractivity contribution in [2.24, 2.45) is 0 Å². The number of piperidine rings is 1. The highest BCUT2D eigenvalue weighted by Gasteiger charge is 2.15. The number of rotatable bonds is 5. The molecule has 162 valence electrons. The van der Waals surface area contributed by atoms with Crippen LogP contribution in [0.2, 0.25) is 0 Å². The van der Waals surface area contributed by atoms with Gasteiger partial charge in [-0.05, 0) is 44.2 Å². The minimum Gasteiger partial charge on any atom is -0.494 e. The second-order valence-corrected chi connectivity index (χ2v) is 7.74. The Balaban J connectivity index is 1.64. The van der Waals surface area contributed by atoms with E-state index in [1.807, 2.05) is 30.3 Å². The number of ether oxygens (including phenoxy) is 1. The van der Waals surface area contributed by atoms with Gasteiger partial charge in [-0.2, -0.15) is 0 Å². The van der Waals surface area contributed by atoms with Gasteiger partial charge in [0.2, 0.25) is 5.91 Å². The van der Waals surface area contributed by atoms with E-state index in [4.69, 9.17) is 11.2 Å². The number of nitrogens with one attached hydrogen (secondary N) is 2. The number of carbonyl (C=O) groups excluding carboxylic acids is 1. The Kier molecular flexibility index (Phi) is 6.34. The van der Waals surface area contributed by atoms with Gasteiger partial charge in [0.25, 0.3) is 0 Å². The van der Waals surface area contributed by atoms with Crippen LogP contribution in [0.5, 0.6) is 5.75 Å². The Labute approximate surface area is 187 Å². The van der Waals surface area contributed by atoms with Gasteiger partial charge in [-0.1, -0.05) is 17.6 Å². The van der Waals surface area contributed by atoms with E-state index in [0.717, 1.165) is 48.1 Å². The Hall–Kier alpha value is -3.89. The molecule has 1 aliphatic rings. The molecule has 2 N–H and O–H groups in total. The number of benzene rings is 2. The van der Waals surface area contributed by atoms with Crippen molar-refractivity contribution in [1.82, 2.24) is 14.9 Å². The highest BCUT2D eigenvalue weighted by Crippen LogP contribution is 2.33. The van der Waals surface area contributed by atoms with Crippen LogP contribution in [0.25, 0.3) is 10.9 Å². The van der Waals surface area contributed by atoms with Crippen LogP contribution in [0.4, 0.5) is 17.2 Å². The summed E-state index contributed by atoms with van der Waals surface area (Å²) in [4.78, 5) is 23.7. The quantitative estimate of drug-likeness (QED) is 0.474. The van der Waals surface area contributed by atoms with Crippen LogP contribution in [-0.4, -0.2) is 48.0 Å². The molecule has 1 saturated heterocycles. The maximum Gasteiger partial charge on any atom is 0.248 e. The lowest BCUT2D eigenvalue weighted by Gasteiger charge is -2.23. The fraction of sp³-hybridized carbons (Fsp3) is 0.240. The van der Waals surface area contributed by atoms with Crippen LogP contribution in [0.15, 0.2) is 54.4 Å². The number of aromatic nitrogens is 2. The molecule has 3 aromatic rings. The van der Waals surface area contributed by atoms with Crippen molar-refractivity contribution in [1.29, 1.82) is 0 Å². The predicted octanol–water partition coefficient (Wildman–Crippen LogP) is 3.95. The first-order chi connectivity index (χ1) is 15.6. The molecule has 0 spiro atoms. The summed E-state index contributed by atoms with van der Waals surface area (Å²) >= 11 is 0. The summed E-state index contributed by atoms with van der Waals surface area (Å²) < 4.78 is 5.50. The molecule has 2 heterocycles. The number of fused-ring (bicyclic) bond motifs is 1. The predicted molar refractivity (Wildman–Crippen MR) is 127 cm³/mol. The molecule has 0 bridgehead atoms. The summed E-state index contributed by atoms with van der Waals surface area (Å²) in [6.07, 6.45) is 10.5. The number of methoxy groups -OCH3 is 1. The zero-order chi connectivity index (χ0) is 22.5. The van der Waals surface area contributed by atoms with Crippen LogP contribution in [0.3, 0.4) is 0 Å². The summed E-state index contributed by atoms with van der Waals surface area (Å²) in [5.41, 5.74) is 3.99. The Bertz CT molecular complexity index is 1220. The Morgan fingerprint density at radius 3 is 2.78 bits per heavy atom. The van der Waals surface area contributed by atoms with Crippen LogP contribution >= 0.6 is 0 Å². The van der Waals surface area contributed by atoms with Gasteiger partial charge in [0, 0.05) is 41.9 Å². The molecule has 2 aromatic carbocycles. The Morgan fingerprint density at radius 2 is 2.03 bits per heavy atom. The molecule has 7 nitrogen and oxygen atoms in total. The number of likely N-dealkylation sites (tertiary alicyclic amines) is 1. The average molecular weight is 428 g/mol. The molecule has 0 saturated carbocycles. The highest BCUT2D eigenvalue weighted by molar-refractivity contribution is 6.04. The average Bonchev–Trinajstić information content (AvgIpc) is 2.80. The number of nitrogens with zero attached hydrogens (tertiary/aromatic N) is 3. The lowest BCUT2D eigenvalue weighted by Crippen LogP contribution is -2.27. The fourth-order valence-electron chi connectivity index (χ4n) is 3.68. The Morgan fingerprint density at radius 1 is 1.22 bits per heavy atom. The summed E-state index contributed by atoms with van der Waals surface area (Å²) in [6, 6.07) is 11.1. The van der Waals surface area contributed by atoms with Crippen LogP contribution < -0.4 is 15.4 Å². The zero-order valence-electron chi connectivity index (χ0n) is 18.2. The molecule has 1 amide bonds. The third kappa shape index (κ3) is 4.88. The lowest BCUT2D eigenvalue weighted by molar-refractivity contribution is -0.112. The minimum absolute atomic E-state index is 0.171. The summed E-state index contributed by atoms with van der Waals surface area (Å²) in [5.74, 6) is 3.60. The fourth-order valence-corrected chi connectivity index (χ4v) is 3.68. The third-order valence-electron chi connectivity index (χ3n) is 5.47. The van der Waals surface area contributed by atoms with E-state index >= 15 is 0 Å². The lowest BCUT2D eigenvalue weighted by atomic mass is 10.0. The van der Waals surface area contributed by atoms with E-state index in [-0.39, 0.29) is 5.91 Å². The molecule has 1 fully saturated rings. The van der Waals surface area contributed by atoms with E-state index in [2.05, 4.69) is 38.5 Å². The molecule has 0 aliphatic carbocycles. The number of anilines is 3. The van der Waals surface area contributed by atoms with Gasteiger partial charge in [-0.3, -0.25) is 4.79 Å². The van der Waals surface area contributed by atoms with Gasteiger partial charge in [0.15, 0.2) is 0 Å². The van der Waals surface area contributed by atoms with Gasteiger partial charge in [0.1, 0.15) is 17.9 Å².